The number of nitrogens with zero attached hydrogens (tertiary/aromatic N) is 2. The molecule has 1 aliphatic rings. The van der Waals surface area contributed by atoms with Gasteiger partial charge in [0.05, 0.1) is 7.11 Å². The number of benzene rings is 2. The average molecular weight is 415 g/mol. The first-order valence-corrected chi connectivity index (χ1v) is 9.94. The van der Waals surface area contributed by atoms with Crippen molar-refractivity contribution in [1.29, 1.82) is 0 Å². The molecule has 0 unspecified atom stereocenters. The number of carboxylic acids is 2. The summed E-state index contributed by atoms with van der Waals surface area (Å²) in [5.74, 6) is -2.72. The predicted octanol–water partition coefficient (Wildman–Crippen LogP) is 2.95. The van der Waals surface area contributed by atoms with Gasteiger partial charge in [0.2, 0.25) is 0 Å². The first-order chi connectivity index (χ1) is 14.4. The molecule has 0 atom stereocenters. The maximum absolute atomic E-state index is 9.10. The van der Waals surface area contributed by atoms with Crippen molar-refractivity contribution in [2.75, 3.05) is 27.2 Å². The molecule has 7 heteroatoms. The molecule has 1 aliphatic heterocycles. The molecule has 0 bridgehead atoms. The first kappa shape index (κ1) is 23.4. The van der Waals surface area contributed by atoms with Crippen molar-refractivity contribution in [3.63, 3.8) is 0 Å². The molecule has 0 aromatic heterocycles. The van der Waals surface area contributed by atoms with Crippen LogP contribution in [0.5, 0.6) is 5.75 Å². The fourth-order valence-electron chi connectivity index (χ4n) is 3.51. The van der Waals surface area contributed by atoms with E-state index in [0.717, 1.165) is 18.8 Å². The van der Waals surface area contributed by atoms with E-state index in [9.17, 15) is 0 Å². The van der Waals surface area contributed by atoms with Crippen LogP contribution in [0, 0.1) is 0 Å². The molecule has 0 saturated carbocycles. The highest BCUT2D eigenvalue weighted by Gasteiger charge is 2.22. The zero-order valence-electron chi connectivity index (χ0n) is 17.5. The molecule has 7 nitrogen and oxygen atoms in total. The van der Waals surface area contributed by atoms with Crippen molar-refractivity contribution in [3.8, 4) is 5.75 Å². The van der Waals surface area contributed by atoms with Crippen LogP contribution in [0.15, 0.2) is 54.6 Å². The van der Waals surface area contributed by atoms with Crippen LogP contribution in [0.2, 0.25) is 0 Å². The Balaban J connectivity index is 0.000000469. The van der Waals surface area contributed by atoms with Crippen molar-refractivity contribution in [3.05, 3.63) is 65.7 Å². The zero-order valence-corrected chi connectivity index (χ0v) is 17.5. The van der Waals surface area contributed by atoms with Gasteiger partial charge in [-0.2, -0.15) is 0 Å². The van der Waals surface area contributed by atoms with E-state index in [1.165, 1.54) is 37.1 Å². The van der Waals surface area contributed by atoms with Crippen molar-refractivity contribution < 1.29 is 24.5 Å². The van der Waals surface area contributed by atoms with Crippen molar-refractivity contribution in [2.45, 2.75) is 32.0 Å². The quantitative estimate of drug-likeness (QED) is 0.703. The van der Waals surface area contributed by atoms with Crippen LogP contribution >= 0.6 is 0 Å². The molecule has 0 aliphatic carbocycles. The summed E-state index contributed by atoms with van der Waals surface area (Å²) in [6.07, 6.45) is 2.50. The monoisotopic (exact) mass is 414 g/mol. The van der Waals surface area contributed by atoms with Crippen LogP contribution in [0.4, 0.5) is 0 Å². The molecule has 2 aromatic rings. The lowest BCUT2D eigenvalue weighted by Crippen LogP contribution is -2.42. The summed E-state index contributed by atoms with van der Waals surface area (Å²) in [6, 6.07) is 19.9. The Kier molecular flexibility index (Phi) is 9.31. The van der Waals surface area contributed by atoms with E-state index < -0.39 is 11.9 Å². The molecule has 1 heterocycles. The molecule has 1 fully saturated rings. The van der Waals surface area contributed by atoms with E-state index in [1.807, 2.05) is 0 Å². The number of methoxy groups -OCH3 is 1. The third-order valence-corrected chi connectivity index (χ3v) is 5.20. The molecule has 0 spiro atoms. The number of likely N-dealkylation sites (tertiary alicyclic amines) is 1. The van der Waals surface area contributed by atoms with Crippen molar-refractivity contribution in [2.24, 2.45) is 0 Å². The standard InChI is InChI=1S/C21H28N2O.C2H2O4/c1-22(16-18-6-4-3-5-7-18)20-12-14-23(15-13-20)17-19-8-10-21(24-2)11-9-19;3-1(4)2(5)6/h3-11,20H,12-17H2,1-2H3;(H,3,4)(H,5,6). The van der Waals surface area contributed by atoms with Gasteiger partial charge >= 0.3 is 11.9 Å². The molecular weight excluding hydrogens is 384 g/mol. The number of rotatable bonds is 6. The van der Waals surface area contributed by atoms with Crippen LogP contribution in [0.25, 0.3) is 0 Å². The molecular formula is C23H30N2O5. The second-order valence-corrected chi connectivity index (χ2v) is 7.37. The number of carboxylic acid groups (broad SMARTS) is 2. The predicted molar refractivity (Wildman–Crippen MR) is 114 cm³/mol. The normalized spacial score (nSPS) is 14.6. The highest BCUT2D eigenvalue weighted by molar-refractivity contribution is 6.27. The van der Waals surface area contributed by atoms with Gasteiger partial charge in [0, 0.05) is 19.1 Å². The van der Waals surface area contributed by atoms with Gasteiger partial charge in [0.15, 0.2) is 0 Å². The van der Waals surface area contributed by atoms with E-state index in [1.54, 1.807) is 7.11 Å². The smallest absolute Gasteiger partial charge is 0.414 e. The van der Waals surface area contributed by atoms with Gasteiger partial charge in [-0.25, -0.2) is 9.59 Å². The fraction of sp³-hybridized carbons (Fsp3) is 0.391. The van der Waals surface area contributed by atoms with E-state index >= 15 is 0 Å². The Bertz CT molecular complexity index is 775. The van der Waals surface area contributed by atoms with Gasteiger partial charge < -0.3 is 14.9 Å². The number of aliphatic carboxylic acids is 2. The van der Waals surface area contributed by atoms with E-state index in [2.05, 4.69) is 71.4 Å². The van der Waals surface area contributed by atoms with Crippen molar-refractivity contribution in [1.82, 2.24) is 9.80 Å². The minimum absolute atomic E-state index is 0.692. The maximum Gasteiger partial charge on any atom is 0.414 e. The van der Waals surface area contributed by atoms with Crippen LogP contribution in [0.1, 0.15) is 24.0 Å². The average Bonchev–Trinajstić information content (AvgIpc) is 2.76. The highest BCUT2D eigenvalue weighted by atomic mass is 16.5. The number of ether oxygens (including phenoxy) is 1. The van der Waals surface area contributed by atoms with Gasteiger partial charge in [0.25, 0.3) is 0 Å². The van der Waals surface area contributed by atoms with Crippen LogP contribution in [-0.4, -0.2) is 65.2 Å². The molecule has 2 aromatic carbocycles. The third-order valence-electron chi connectivity index (χ3n) is 5.20. The van der Waals surface area contributed by atoms with Gasteiger partial charge in [0.1, 0.15) is 5.75 Å². The Morgan fingerprint density at radius 1 is 0.967 bits per heavy atom. The molecule has 30 heavy (non-hydrogen) atoms. The number of hydrogen-bond donors (Lipinski definition) is 2. The summed E-state index contributed by atoms with van der Waals surface area (Å²) in [4.78, 5) is 23.3. The summed E-state index contributed by atoms with van der Waals surface area (Å²) in [5.41, 5.74) is 2.77. The Morgan fingerprint density at radius 3 is 2.03 bits per heavy atom. The van der Waals surface area contributed by atoms with E-state index in [-0.39, 0.29) is 0 Å². The minimum atomic E-state index is -1.82. The Hall–Kier alpha value is -2.90. The molecule has 0 radical (unpaired) electrons. The molecule has 1 saturated heterocycles. The highest BCUT2D eigenvalue weighted by Crippen LogP contribution is 2.20. The van der Waals surface area contributed by atoms with Crippen molar-refractivity contribution >= 4 is 11.9 Å². The summed E-state index contributed by atoms with van der Waals surface area (Å²) in [5, 5.41) is 14.8. The first-order valence-electron chi connectivity index (χ1n) is 9.94. The van der Waals surface area contributed by atoms with Gasteiger partial charge in [-0.05, 0) is 56.2 Å². The van der Waals surface area contributed by atoms with Gasteiger partial charge in [-0.3, -0.25) is 9.80 Å². The lowest BCUT2D eigenvalue weighted by Gasteiger charge is -2.36. The molecule has 3 rings (SSSR count). The fourth-order valence-corrected chi connectivity index (χ4v) is 3.51. The van der Waals surface area contributed by atoms with Crippen LogP contribution in [0.3, 0.4) is 0 Å². The second-order valence-electron chi connectivity index (χ2n) is 7.37. The lowest BCUT2D eigenvalue weighted by atomic mass is 10.0. The zero-order chi connectivity index (χ0) is 21.9. The lowest BCUT2D eigenvalue weighted by molar-refractivity contribution is -0.159. The second kappa shape index (κ2) is 11.9. The number of hydrogen-bond acceptors (Lipinski definition) is 5. The number of piperidine rings is 1. The summed E-state index contributed by atoms with van der Waals surface area (Å²) in [7, 11) is 3.97. The summed E-state index contributed by atoms with van der Waals surface area (Å²) < 4.78 is 5.23. The Labute approximate surface area is 177 Å². The van der Waals surface area contributed by atoms with Crippen LogP contribution < -0.4 is 4.74 Å². The molecule has 0 amide bonds. The topological polar surface area (TPSA) is 90.3 Å². The maximum atomic E-state index is 9.10. The Morgan fingerprint density at radius 2 is 1.53 bits per heavy atom. The SMILES string of the molecule is COc1ccc(CN2CCC(N(C)Cc3ccccc3)CC2)cc1.O=C(O)C(=O)O. The van der Waals surface area contributed by atoms with Crippen LogP contribution in [-0.2, 0) is 22.7 Å². The minimum Gasteiger partial charge on any atom is -0.497 e. The third kappa shape index (κ3) is 7.85. The van der Waals surface area contributed by atoms with E-state index in [0.29, 0.717) is 6.04 Å². The van der Waals surface area contributed by atoms with E-state index in [4.69, 9.17) is 24.5 Å². The van der Waals surface area contributed by atoms with Gasteiger partial charge in [-0.15, -0.1) is 0 Å². The molecule has 2 N–H and O–H groups in total. The molecule has 162 valence electrons. The summed E-state index contributed by atoms with van der Waals surface area (Å²) in [6.45, 7) is 4.44. The largest absolute Gasteiger partial charge is 0.497 e. The number of carbonyl (C=O) groups is 2. The summed E-state index contributed by atoms with van der Waals surface area (Å²) >= 11 is 0. The van der Waals surface area contributed by atoms with Gasteiger partial charge in [-0.1, -0.05) is 42.5 Å².